The third-order valence-electron chi connectivity index (χ3n) is 6.20. The van der Waals surface area contributed by atoms with Gasteiger partial charge in [0.05, 0.1) is 23.9 Å². The predicted octanol–water partition coefficient (Wildman–Crippen LogP) is 4.87. The van der Waals surface area contributed by atoms with Crippen molar-refractivity contribution in [3.63, 3.8) is 0 Å². The van der Waals surface area contributed by atoms with Crippen LogP contribution in [0.1, 0.15) is 42.2 Å². The van der Waals surface area contributed by atoms with Crippen molar-refractivity contribution in [2.45, 2.75) is 58.2 Å². The second-order valence-corrected chi connectivity index (χ2v) is 10.5. The van der Waals surface area contributed by atoms with Gasteiger partial charge in [-0.25, -0.2) is 4.98 Å². The molecule has 32 heavy (non-hydrogen) atoms. The number of benzene rings is 1. The fourth-order valence-electron chi connectivity index (χ4n) is 4.24. The molecule has 0 radical (unpaired) electrons. The van der Waals surface area contributed by atoms with Crippen molar-refractivity contribution in [1.29, 1.82) is 0 Å². The maximum absolute atomic E-state index is 13.7. The van der Waals surface area contributed by atoms with Crippen LogP contribution in [0.2, 0.25) is 0 Å². The van der Waals surface area contributed by atoms with Crippen molar-refractivity contribution in [3.8, 4) is 11.4 Å². The van der Waals surface area contributed by atoms with E-state index in [0.29, 0.717) is 26.8 Å². The molecule has 0 N–H and O–H groups in total. The summed E-state index contributed by atoms with van der Waals surface area (Å²) in [5, 5.41) is 1.15. The molecule has 1 atom stereocenters. The van der Waals surface area contributed by atoms with Crippen LogP contribution in [-0.4, -0.2) is 45.8 Å². The highest BCUT2D eigenvalue weighted by atomic mass is 32.2. The summed E-state index contributed by atoms with van der Waals surface area (Å²) < 4.78 is 7.19. The number of aryl methyl sites for hydroxylation is 3. The minimum absolute atomic E-state index is 0.0952. The van der Waals surface area contributed by atoms with E-state index in [4.69, 9.17) is 9.72 Å². The molecule has 0 unspecified atom stereocenters. The number of piperidine rings is 1. The number of likely N-dealkylation sites (tertiary alicyclic amines) is 1. The average molecular weight is 472 g/mol. The van der Waals surface area contributed by atoms with Gasteiger partial charge in [0.25, 0.3) is 5.56 Å². The first kappa shape index (κ1) is 22.9. The molecule has 0 aliphatic carbocycles. The average Bonchev–Trinajstić information content (AvgIpc) is 3.06. The number of rotatable bonds is 5. The van der Waals surface area contributed by atoms with Gasteiger partial charge < -0.3 is 9.64 Å². The van der Waals surface area contributed by atoms with Crippen LogP contribution < -0.4 is 10.3 Å². The zero-order valence-corrected chi connectivity index (χ0v) is 20.9. The van der Waals surface area contributed by atoms with Crippen molar-refractivity contribution in [2.75, 3.05) is 19.4 Å². The van der Waals surface area contributed by atoms with Crippen molar-refractivity contribution in [3.05, 3.63) is 44.6 Å². The van der Waals surface area contributed by atoms with Gasteiger partial charge in [-0.3, -0.25) is 14.2 Å². The number of carbonyl (C=O) groups is 1. The van der Waals surface area contributed by atoms with Crippen LogP contribution in [0.3, 0.4) is 0 Å². The zero-order chi connectivity index (χ0) is 23.0. The number of hydrogen-bond acceptors (Lipinski definition) is 6. The van der Waals surface area contributed by atoms with Gasteiger partial charge in [-0.1, -0.05) is 17.8 Å². The number of methoxy groups -OCH3 is 1. The number of aromatic nitrogens is 2. The first-order chi connectivity index (χ1) is 15.3. The second kappa shape index (κ2) is 9.27. The first-order valence-electron chi connectivity index (χ1n) is 10.9. The normalized spacial score (nSPS) is 16.5. The Morgan fingerprint density at radius 1 is 1.28 bits per heavy atom. The third kappa shape index (κ3) is 4.18. The Balaban J connectivity index is 1.81. The quantitative estimate of drug-likeness (QED) is 0.392. The molecule has 0 bridgehead atoms. The van der Waals surface area contributed by atoms with E-state index in [0.717, 1.165) is 35.4 Å². The van der Waals surface area contributed by atoms with Crippen molar-refractivity contribution >= 4 is 39.2 Å². The molecule has 3 heterocycles. The fraction of sp³-hybridized carbons (Fsp3) is 0.458. The topological polar surface area (TPSA) is 64.4 Å². The largest absolute Gasteiger partial charge is 0.495 e. The molecule has 1 aliphatic heterocycles. The Morgan fingerprint density at radius 3 is 2.78 bits per heavy atom. The lowest BCUT2D eigenvalue weighted by Crippen LogP contribution is -2.43. The molecule has 2 aromatic heterocycles. The molecule has 1 amide bonds. The van der Waals surface area contributed by atoms with Crippen LogP contribution >= 0.6 is 23.1 Å². The van der Waals surface area contributed by atoms with Crippen molar-refractivity contribution in [1.82, 2.24) is 14.5 Å². The van der Waals surface area contributed by atoms with E-state index >= 15 is 0 Å². The molecule has 3 aromatic rings. The van der Waals surface area contributed by atoms with Crippen LogP contribution in [0.5, 0.6) is 5.75 Å². The molecule has 6 nitrogen and oxygen atoms in total. The molecule has 1 aliphatic rings. The summed E-state index contributed by atoms with van der Waals surface area (Å²) in [6.07, 6.45) is 3.25. The van der Waals surface area contributed by atoms with Gasteiger partial charge in [-0.2, -0.15) is 0 Å². The monoisotopic (exact) mass is 471 g/mol. The van der Waals surface area contributed by atoms with E-state index in [1.165, 1.54) is 29.5 Å². The summed E-state index contributed by atoms with van der Waals surface area (Å²) >= 11 is 2.85. The number of amides is 1. The van der Waals surface area contributed by atoms with E-state index in [-0.39, 0.29) is 23.3 Å². The van der Waals surface area contributed by atoms with E-state index in [9.17, 15) is 9.59 Å². The third-order valence-corrected chi connectivity index (χ3v) is 8.22. The Bertz CT molecular complexity index is 1230. The summed E-state index contributed by atoms with van der Waals surface area (Å²) in [5.74, 6) is 0.943. The van der Waals surface area contributed by atoms with Gasteiger partial charge in [-0.05, 0) is 70.2 Å². The Kier molecular flexibility index (Phi) is 6.62. The minimum Gasteiger partial charge on any atom is -0.495 e. The summed E-state index contributed by atoms with van der Waals surface area (Å²) in [6, 6.07) is 6.00. The van der Waals surface area contributed by atoms with E-state index in [1.54, 1.807) is 11.7 Å². The lowest BCUT2D eigenvalue weighted by atomic mass is 10.0. The minimum atomic E-state index is -0.123. The van der Waals surface area contributed by atoms with Crippen molar-refractivity contribution in [2.24, 2.45) is 0 Å². The van der Waals surface area contributed by atoms with Crippen LogP contribution in [0, 0.1) is 20.8 Å². The number of thioether (sulfide) groups is 1. The molecule has 0 saturated carbocycles. The predicted molar refractivity (Wildman–Crippen MR) is 132 cm³/mol. The fourth-order valence-corrected chi connectivity index (χ4v) is 6.20. The molecule has 1 aromatic carbocycles. The zero-order valence-electron chi connectivity index (χ0n) is 19.2. The molecule has 0 spiro atoms. The first-order valence-corrected chi connectivity index (χ1v) is 12.7. The molecular weight excluding hydrogens is 442 g/mol. The number of carbonyl (C=O) groups excluding carboxylic acids is 1. The van der Waals surface area contributed by atoms with Crippen LogP contribution in [0.15, 0.2) is 28.2 Å². The van der Waals surface area contributed by atoms with Gasteiger partial charge in [0.1, 0.15) is 10.6 Å². The second-order valence-electron chi connectivity index (χ2n) is 8.39. The van der Waals surface area contributed by atoms with Crippen molar-refractivity contribution < 1.29 is 9.53 Å². The highest BCUT2D eigenvalue weighted by Gasteiger charge is 2.25. The summed E-state index contributed by atoms with van der Waals surface area (Å²) in [4.78, 5) is 35.3. The van der Waals surface area contributed by atoms with Gasteiger partial charge in [0.15, 0.2) is 5.16 Å². The summed E-state index contributed by atoms with van der Waals surface area (Å²) in [6.45, 7) is 8.86. The number of ether oxygens (including phenoxy) is 1. The smallest absolute Gasteiger partial charge is 0.267 e. The Labute approximate surface area is 196 Å². The number of nitrogens with zero attached hydrogens (tertiary/aromatic N) is 3. The highest BCUT2D eigenvalue weighted by molar-refractivity contribution is 7.99. The Hall–Kier alpha value is -2.32. The molecule has 4 rings (SSSR count). The maximum atomic E-state index is 13.7. The molecule has 1 fully saturated rings. The molecule has 8 heteroatoms. The maximum Gasteiger partial charge on any atom is 0.267 e. The van der Waals surface area contributed by atoms with Gasteiger partial charge in [0.2, 0.25) is 5.91 Å². The summed E-state index contributed by atoms with van der Waals surface area (Å²) in [5.41, 5.74) is 2.50. The molecule has 170 valence electrons. The molecular formula is C24H29N3O3S2. The Morgan fingerprint density at radius 2 is 2.06 bits per heavy atom. The number of fused-ring (bicyclic) bond motifs is 1. The van der Waals surface area contributed by atoms with E-state index in [2.05, 4.69) is 6.92 Å². The highest BCUT2D eigenvalue weighted by Crippen LogP contribution is 2.32. The van der Waals surface area contributed by atoms with Crippen LogP contribution in [-0.2, 0) is 4.79 Å². The molecule has 1 saturated heterocycles. The van der Waals surface area contributed by atoms with Gasteiger partial charge in [0, 0.05) is 17.5 Å². The van der Waals surface area contributed by atoms with Gasteiger partial charge >= 0.3 is 0 Å². The standard InChI is InChI=1S/C24H29N3O3S2/c1-14-9-10-19(30-5)18(12-14)27-23(29)21-16(3)17(4)32-22(21)25-24(27)31-13-20(28)26-11-7-6-8-15(26)2/h9-10,12,15H,6-8,11,13H2,1-5H3/t15-/m0/s1. The van der Waals surface area contributed by atoms with Crippen LogP contribution in [0.4, 0.5) is 0 Å². The van der Waals surface area contributed by atoms with Crippen LogP contribution in [0.25, 0.3) is 15.9 Å². The lowest BCUT2D eigenvalue weighted by Gasteiger charge is -2.33. The van der Waals surface area contributed by atoms with E-state index < -0.39 is 0 Å². The SMILES string of the molecule is COc1ccc(C)cc1-n1c(SCC(=O)N2CCCC[C@@H]2C)nc2sc(C)c(C)c2c1=O. The number of thiophene rings is 1. The summed E-state index contributed by atoms with van der Waals surface area (Å²) in [7, 11) is 1.60. The number of hydrogen-bond donors (Lipinski definition) is 0. The van der Waals surface area contributed by atoms with E-state index in [1.807, 2.05) is 43.9 Å². The van der Waals surface area contributed by atoms with Gasteiger partial charge in [-0.15, -0.1) is 11.3 Å². The lowest BCUT2D eigenvalue weighted by molar-refractivity contribution is -0.131.